The van der Waals surface area contributed by atoms with Crippen molar-refractivity contribution in [3.63, 3.8) is 0 Å². The third-order valence-corrected chi connectivity index (χ3v) is 5.71. The number of aromatic nitrogens is 2. The number of para-hydroxylation sites is 2. The number of carbonyl (C=O) groups excluding carboxylic acids is 1. The lowest BCUT2D eigenvalue weighted by Crippen LogP contribution is -2.20. The molecule has 0 aliphatic heterocycles. The number of hydrazone groups is 1. The van der Waals surface area contributed by atoms with Gasteiger partial charge < -0.3 is 4.74 Å². The van der Waals surface area contributed by atoms with Crippen molar-refractivity contribution in [2.24, 2.45) is 5.10 Å². The molecule has 1 aliphatic rings. The molecular formula is C27H24N4O2. The molecule has 1 aromatic heterocycles. The smallest absolute Gasteiger partial charge is 0.292 e. The molecule has 0 radical (unpaired) electrons. The van der Waals surface area contributed by atoms with Crippen LogP contribution < -0.4 is 10.2 Å². The van der Waals surface area contributed by atoms with Crippen molar-refractivity contribution in [3.05, 3.63) is 113 Å². The molecule has 33 heavy (non-hydrogen) atoms. The molecule has 0 fully saturated rings. The zero-order chi connectivity index (χ0) is 22.5. The second-order valence-corrected chi connectivity index (χ2v) is 7.87. The zero-order valence-corrected chi connectivity index (χ0v) is 18.1. The van der Waals surface area contributed by atoms with E-state index in [1.807, 2.05) is 89.6 Å². The monoisotopic (exact) mass is 436 g/mol. The first-order valence-corrected chi connectivity index (χ1v) is 11.0. The highest BCUT2D eigenvalue weighted by Crippen LogP contribution is 2.27. The minimum Gasteiger partial charge on any atom is -0.489 e. The van der Waals surface area contributed by atoms with Gasteiger partial charge in [0.1, 0.15) is 12.4 Å². The number of rotatable bonds is 7. The molecule has 5 rings (SSSR count). The van der Waals surface area contributed by atoms with Gasteiger partial charge in [0.15, 0.2) is 5.69 Å². The van der Waals surface area contributed by atoms with E-state index in [1.54, 1.807) is 6.21 Å². The summed E-state index contributed by atoms with van der Waals surface area (Å²) < 4.78 is 7.75. The van der Waals surface area contributed by atoms with Gasteiger partial charge in [0.25, 0.3) is 5.91 Å². The molecule has 4 aromatic rings. The van der Waals surface area contributed by atoms with E-state index in [0.29, 0.717) is 12.3 Å². The molecule has 1 amide bonds. The fraction of sp³-hybridized carbons (Fsp3) is 0.148. The van der Waals surface area contributed by atoms with E-state index in [9.17, 15) is 4.79 Å². The first kappa shape index (κ1) is 20.7. The molecule has 1 heterocycles. The first-order valence-electron chi connectivity index (χ1n) is 11.0. The maximum Gasteiger partial charge on any atom is 0.292 e. The Morgan fingerprint density at radius 2 is 1.70 bits per heavy atom. The highest BCUT2D eigenvalue weighted by molar-refractivity contribution is 5.95. The Balaban J connectivity index is 1.30. The predicted molar refractivity (Wildman–Crippen MR) is 128 cm³/mol. The molecule has 1 aliphatic carbocycles. The molecule has 1 N–H and O–H groups in total. The Hall–Kier alpha value is -4.19. The Morgan fingerprint density at radius 3 is 2.52 bits per heavy atom. The summed E-state index contributed by atoms with van der Waals surface area (Å²) in [4.78, 5) is 12.9. The van der Waals surface area contributed by atoms with E-state index in [4.69, 9.17) is 4.74 Å². The van der Waals surface area contributed by atoms with E-state index < -0.39 is 0 Å². The maximum atomic E-state index is 12.9. The molecular weight excluding hydrogens is 412 g/mol. The quantitative estimate of drug-likeness (QED) is 0.337. The molecule has 6 nitrogen and oxygen atoms in total. The van der Waals surface area contributed by atoms with Gasteiger partial charge in [-0.15, -0.1) is 0 Å². The standard InChI is InChI=1S/C27H24N4O2/c32-27(26-24-16-9-17-25(24)31(30-26)22-12-3-1-4-13-22)29-28-18-20-10-7-8-11-21(20)19-33-23-14-5-2-6-15-23/h1-8,10-15,18H,9,16-17,19H2,(H,29,32)/b28-18+. The van der Waals surface area contributed by atoms with Crippen LogP contribution >= 0.6 is 0 Å². The van der Waals surface area contributed by atoms with Crippen LogP contribution in [0, 0.1) is 0 Å². The lowest BCUT2D eigenvalue weighted by molar-refractivity contribution is 0.0949. The van der Waals surface area contributed by atoms with Crippen molar-refractivity contribution in [3.8, 4) is 11.4 Å². The summed E-state index contributed by atoms with van der Waals surface area (Å²) in [6.07, 6.45) is 4.45. The number of hydrogen-bond donors (Lipinski definition) is 1. The van der Waals surface area contributed by atoms with Crippen molar-refractivity contribution in [2.75, 3.05) is 0 Å². The van der Waals surface area contributed by atoms with Gasteiger partial charge in [-0.25, -0.2) is 10.1 Å². The fourth-order valence-electron chi connectivity index (χ4n) is 4.09. The Morgan fingerprint density at radius 1 is 0.970 bits per heavy atom. The number of nitrogens with one attached hydrogen (secondary N) is 1. The predicted octanol–water partition coefficient (Wildman–Crippen LogP) is 4.70. The van der Waals surface area contributed by atoms with Gasteiger partial charge in [-0.05, 0) is 49.1 Å². The van der Waals surface area contributed by atoms with Crippen LogP contribution in [0.3, 0.4) is 0 Å². The molecule has 164 valence electrons. The van der Waals surface area contributed by atoms with E-state index >= 15 is 0 Å². The van der Waals surface area contributed by atoms with Crippen LogP contribution in [-0.2, 0) is 19.4 Å². The Kier molecular flexibility index (Phi) is 5.97. The number of carbonyl (C=O) groups is 1. The summed E-state index contributed by atoms with van der Waals surface area (Å²) in [5, 5.41) is 8.83. The minimum atomic E-state index is -0.294. The van der Waals surface area contributed by atoms with Crippen LogP contribution in [0.1, 0.15) is 39.3 Å². The van der Waals surface area contributed by atoms with E-state index in [0.717, 1.165) is 53.1 Å². The van der Waals surface area contributed by atoms with Gasteiger partial charge >= 0.3 is 0 Å². The summed E-state index contributed by atoms with van der Waals surface area (Å²) in [5.41, 5.74) is 8.06. The lowest BCUT2D eigenvalue weighted by atomic mass is 10.1. The lowest BCUT2D eigenvalue weighted by Gasteiger charge is -2.08. The fourth-order valence-corrected chi connectivity index (χ4v) is 4.09. The number of fused-ring (bicyclic) bond motifs is 1. The van der Waals surface area contributed by atoms with Crippen LogP contribution in [0.25, 0.3) is 5.69 Å². The van der Waals surface area contributed by atoms with Crippen LogP contribution in [0.5, 0.6) is 5.75 Å². The van der Waals surface area contributed by atoms with Crippen molar-refractivity contribution in [2.45, 2.75) is 25.9 Å². The topological polar surface area (TPSA) is 68.5 Å². The minimum absolute atomic E-state index is 0.294. The van der Waals surface area contributed by atoms with Crippen molar-refractivity contribution >= 4 is 12.1 Å². The summed E-state index contributed by atoms with van der Waals surface area (Å²) in [6, 6.07) is 27.4. The van der Waals surface area contributed by atoms with Gasteiger partial charge in [-0.2, -0.15) is 10.2 Å². The summed E-state index contributed by atoms with van der Waals surface area (Å²) >= 11 is 0. The number of hydrogen-bond acceptors (Lipinski definition) is 4. The number of ether oxygens (including phenoxy) is 1. The summed E-state index contributed by atoms with van der Waals surface area (Å²) in [7, 11) is 0. The molecule has 6 heteroatoms. The Labute approximate surface area is 192 Å². The number of amides is 1. The highest BCUT2D eigenvalue weighted by atomic mass is 16.5. The van der Waals surface area contributed by atoms with E-state index in [-0.39, 0.29) is 5.91 Å². The maximum absolute atomic E-state index is 12.9. The Bertz CT molecular complexity index is 1280. The van der Waals surface area contributed by atoms with Gasteiger partial charge in [-0.1, -0.05) is 60.7 Å². The zero-order valence-electron chi connectivity index (χ0n) is 18.1. The highest BCUT2D eigenvalue weighted by Gasteiger charge is 2.26. The molecule has 0 atom stereocenters. The summed E-state index contributed by atoms with van der Waals surface area (Å²) in [6.45, 7) is 0.412. The van der Waals surface area contributed by atoms with Gasteiger partial charge in [0.05, 0.1) is 11.9 Å². The van der Waals surface area contributed by atoms with Crippen molar-refractivity contribution in [1.82, 2.24) is 15.2 Å². The van der Waals surface area contributed by atoms with Gasteiger partial charge in [0.2, 0.25) is 0 Å². The van der Waals surface area contributed by atoms with Crippen LogP contribution in [0.15, 0.2) is 90.0 Å². The normalized spacial score (nSPS) is 12.6. The van der Waals surface area contributed by atoms with Gasteiger partial charge in [-0.3, -0.25) is 4.79 Å². The number of benzene rings is 3. The molecule has 0 saturated heterocycles. The molecule has 0 saturated carbocycles. The van der Waals surface area contributed by atoms with Crippen LogP contribution in [-0.4, -0.2) is 21.9 Å². The summed E-state index contributed by atoms with van der Waals surface area (Å²) in [5.74, 6) is 0.512. The SMILES string of the molecule is O=C(N/N=C/c1ccccc1COc1ccccc1)c1nn(-c2ccccc2)c2c1CCC2. The third kappa shape index (κ3) is 4.55. The van der Waals surface area contributed by atoms with E-state index in [2.05, 4.69) is 15.6 Å². The van der Waals surface area contributed by atoms with E-state index in [1.165, 1.54) is 0 Å². The average Bonchev–Trinajstić information content (AvgIpc) is 3.48. The average molecular weight is 437 g/mol. The molecule has 0 spiro atoms. The molecule has 0 unspecified atom stereocenters. The second-order valence-electron chi connectivity index (χ2n) is 7.87. The first-order chi connectivity index (χ1) is 16.3. The number of nitrogens with zero attached hydrogens (tertiary/aromatic N) is 3. The third-order valence-electron chi connectivity index (χ3n) is 5.71. The van der Waals surface area contributed by atoms with Crippen molar-refractivity contribution < 1.29 is 9.53 Å². The molecule has 0 bridgehead atoms. The second kappa shape index (κ2) is 9.53. The largest absolute Gasteiger partial charge is 0.489 e. The van der Waals surface area contributed by atoms with Crippen LogP contribution in [0.4, 0.5) is 0 Å². The van der Waals surface area contributed by atoms with Gasteiger partial charge in [0, 0.05) is 16.8 Å². The van der Waals surface area contributed by atoms with Crippen LogP contribution in [0.2, 0.25) is 0 Å². The van der Waals surface area contributed by atoms with Crippen molar-refractivity contribution in [1.29, 1.82) is 0 Å². The molecule has 3 aromatic carbocycles.